The minimum Gasteiger partial charge on any atom is -0.492 e. The number of likely N-dealkylation sites (tertiary alicyclic amines) is 1. The van der Waals surface area contributed by atoms with Crippen molar-refractivity contribution in [1.29, 1.82) is 0 Å². The van der Waals surface area contributed by atoms with Crippen LogP contribution in [-0.2, 0) is 15.8 Å². The molecule has 2 N–H and O–H groups in total. The van der Waals surface area contributed by atoms with Gasteiger partial charge in [0.1, 0.15) is 11.6 Å². The molecule has 3 rings (SSSR count). The number of hydrogen-bond acceptors (Lipinski definition) is 5. The molecule has 2 heterocycles. The number of benzene rings is 1. The third-order valence-electron chi connectivity index (χ3n) is 3.91. The van der Waals surface area contributed by atoms with Gasteiger partial charge < -0.3 is 15.4 Å². The summed E-state index contributed by atoms with van der Waals surface area (Å²) in [6.45, 7) is 2.72. The monoisotopic (exact) mass is 309 g/mol. The lowest BCUT2D eigenvalue weighted by molar-refractivity contribution is 0.248. The van der Waals surface area contributed by atoms with Crippen molar-refractivity contribution in [1.82, 2.24) is 4.90 Å². The smallest absolute Gasteiger partial charge is 0.259 e. The van der Waals surface area contributed by atoms with Gasteiger partial charge in [-0.2, -0.15) is 0 Å². The number of rotatable bonds is 3. The van der Waals surface area contributed by atoms with E-state index in [0.717, 1.165) is 19.5 Å². The zero-order valence-electron chi connectivity index (χ0n) is 11.9. The lowest BCUT2D eigenvalue weighted by Gasteiger charge is -2.19. The zero-order valence-corrected chi connectivity index (χ0v) is 12.8. The van der Waals surface area contributed by atoms with E-state index in [1.807, 2.05) is 6.07 Å². The normalized spacial score (nSPS) is 24.4. The topological polar surface area (TPSA) is 85.0 Å². The summed E-state index contributed by atoms with van der Waals surface area (Å²) in [5.74, 6) is 1.02. The largest absolute Gasteiger partial charge is 0.492 e. The molecule has 1 fully saturated rings. The average Bonchev–Trinajstić information content (AvgIpc) is 2.80. The van der Waals surface area contributed by atoms with Crippen molar-refractivity contribution >= 4 is 15.9 Å². The van der Waals surface area contributed by atoms with Crippen LogP contribution in [0, 0.1) is 5.92 Å². The summed E-state index contributed by atoms with van der Waals surface area (Å²) < 4.78 is 32.7. The van der Waals surface area contributed by atoms with Crippen LogP contribution < -0.4 is 10.5 Å². The van der Waals surface area contributed by atoms with Crippen molar-refractivity contribution < 1.29 is 13.2 Å². The third-order valence-corrected chi connectivity index (χ3v) is 5.06. The number of hydrogen-bond donors (Lipinski definition) is 1. The molecule has 0 radical (unpaired) electrons. The first kappa shape index (κ1) is 14.3. The molecule has 114 valence electrons. The predicted octanol–water partition coefficient (Wildman–Crippen LogP) is 0.566. The van der Waals surface area contributed by atoms with E-state index >= 15 is 0 Å². The first-order valence-electron chi connectivity index (χ1n) is 6.96. The molecule has 1 aromatic carbocycles. The van der Waals surface area contributed by atoms with E-state index in [1.54, 1.807) is 12.1 Å². The Hall–Kier alpha value is -1.60. The first-order chi connectivity index (χ1) is 9.94. The van der Waals surface area contributed by atoms with Crippen LogP contribution in [0.5, 0.6) is 5.75 Å². The number of sulfonamides is 1. The van der Waals surface area contributed by atoms with Gasteiger partial charge in [-0.25, -0.2) is 8.42 Å². The maximum atomic E-state index is 11.6. The average molecular weight is 309 g/mol. The van der Waals surface area contributed by atoms with E-state index in [1.165, 1.54) is 0 Å². The molecule has 1 unspecified atom stereocenters. The SMILES string of the molecule is CN1CCC(COc2cccc3c2C(N)=NS(=O)(=O)C3)C1. The zero-order chi connectivity index (χ0) is 15.0. The van der Waals surface area contributed by atoms with E-state index in [-0.39, 0.29) is 11.6 Å². The molecule has 21 heavy (non-hydrogen) atoms. The number of nitrogens with zero attached hydrogens (tertiary/aromatic N) is 2. The molecule has 0 aromatic heterocycles. The summed E-state index contributed by atoms with van der Waals surface area (Å²) in [6.07, 6.45) is 1.11. The van der Waals surface area contributed by atoms with Gasteiger partial charge in [-0.1, -0.05) is 12.1 Å². The van der Waals surface area contributed by atoms with Crippen LogP contribution in [0.1, 0.15) is 17.5 Å². The second kappa shape index (κ2) is 5.31. The van der Waals surface area contributed by atoms with Gasteiger partial charge in [0.25, 0.3) is 10.0 Å². The van der Waals surface area contributed by atoms with Gasteiger partial charge >= 0.3 is 0 Å². The summed E-state index contributed by atoms with van der Waals surface area (Å²) in [7, 11) is -1.40. The fourth-order valence-electron chi connectivity index (χ4n) is 2.90. The summed E-state index contributed by atoms with van der Waals surface area (Å²) in [5, 5.41) is 0. The number of amidine groups is 1. The molecule has 1 saturated heterocycles. The molecule has 0 bridgehead atoms. The van der Waals surface area contributed by atoms with Gasteiger partial charge in [0.15, 0.2) is 0 Å². The fraction of sp³-hybridized carbons (Fsp3) is 0.500. The van der Waals surface area contributed by atoms with E-state index in [0.29, 0.717) is 29.4 Å². The highest BCUT2D eigenvalue weighted by Gasteiger charge is 2.26. The molecule has 0 amide bonds. The Balaban J connectivity index is 1.81. The minimum atomic E-state index is -3.50. The lowest BCUT2D eigenvalue weighted by Crippen LogP contribution is -2.25. The number of ether oxygens (including phenoxy) is 1. The summed E-state index contributed by atoms with van der Waals surface area (Å²) in [4.78, 5) is 2.27. The fourth-order valence-corrected chi connectivity index (χ4v) is 3.99. The van der Waals surface area contributed by atoms with E-state index in [4.69, 9.17) is 10.5 Å². The van der Waals surface area contributed by atoms with Crippen LogP contribution in [0.4, 0.5) is 0 Å². The van der Waals surface area contributed by atoms with E-state index < -0.39 is 10.0 Å². The van der Waals surface area contributed by atoms with Crippen molar-refractivity contribution in [3.63, 3.8) is 0 Å². The Morgan fingerprint density at radius 3 is 3.00 bits per heavy atom. The van der Waals surface area contributed by atoms with Crippen LogP contribution in [0.3, 0.4) is 0 Å². The van der Waals surface area contributed by atoms with Crippen molar-refractivity contribution in [2.24, 2.45) is 16.0 Å². The van der Waals surface area contributed by atoms with Gasteiger partial charge in [0.05, 0.1) is 17.9 Å². The van der Waals surface area contributed by atoms with Crippen LogP contribution in [0.15, 0.2) is 22.6 Å². The Bertz CT molecular complexity index is 685. The molecule has 2 aliphatic rings. The third kappa shape index (κ3) is 3.03. The van der Waals surface area contributed by atoms with Crippen molar-refractivity contribution in [3.05, 3.63) is 29.3 Å². The number of fused-ring (bicyclic) bond motifs is 1. The molecule has 0 saturated carbocycles. The standard InChI is InChI=1S/C14H19N3O3S/c1-17-6-5-10(7-17)8-20-12-4-2-3-11-9-21(18,19)16-14(15)13(11)12/h2-4,10H,5-9H2,1H3,(H2,15,16). The lowest BCUT2D eigenvalue weighted by atomic mass is 10.1. The van der Waals surface area contributed by atoms with Crippen LogP contribution in [-0.4, -0.2) is 45.9 Å². The molecule has 1 atom stereocenters. The highest BCUT2D eigenvalue weighted by atomic mass is 32.2. The van der Waals surface area contributed by atoms with Crippen molar-refractivity contribution in [2.45, 2.75) is 12.2 Å². The van der Waals surface area contributed by atoms with Crippen molar-refractivity contribution in [2.75, 3.05) is 26.7 Å². The summed E-state index contributed by atoms with van der Waals surface area (Å²) in [6, 6.07) is 5.37. The maximum Gasteiger partial charge on any atom is 0.259 e. The van der Waals surface area contributed by atoms with Crippen molar-refractivity contribution in [3.8, 4) is 5.75 Å². The number of nitrogens with two attached hydrogens (primary N) is 1. The summed E-state index contributed by atoms with van der Waals surface area (Å²) in [5.41, 5.74) is 7.09. The van der Waals surface area contributed by atoms with Crippen LogP contribution in [0.2, 0.25) is 0 Å². The summed E-state index contributed by atoms with van der Waals surface area (Å²) >= 11 is 0. The van der Waals surface area contributed by atoms with Gasteiger partial charge in [-0.15, -0.1) is 4.40 Å². The van der Waals surface area contributed by atoms with Gasteiger partial charge in [0.2, 0.25) is 0 Å². The minimum absolute atomic E-state index is 0.0235. The highest BCUT2D eigenvalue weighted by molar-refractivity contribution is 7.89. The van der Waals surface area contributed by atoms with E-state index in [2.05, 4.69) is 16.3 Å². The maximum absolute atomic E-state index is 11.6. The Morgan fingerprint density at radius 2 is 2.29 bits per heavy atom. The Labute approximate surface area is 124 Å². The molecular weight excluding hydrogens is 290 g/mol. The Kier molecular flexibility index (Phi) is 3.62. The second-order valence-electron chi connectivity index (χ2n) is 5.72. The molecule has 6 nitrogen and oxygen atoms in total. The second-order valence-corrected chi connectivity index (χ2v) is 7.36. The molecule has 0 spiro atoms. The first-order valence-corrected chi connectivity index (χ1v) is 8.57. The molecule has 7 heteroatoms. The van der Waals surface area contributed by atoms with Gasteiger partial charge in [0, 0.05) is 12.5 Å². The Morgan fingerprint density at radius 1 is 1.48 bits per heavy atom. The molecular formula is C14H19N3O3S. The van der Waals surface area contributed by atoms with E-state index in [9.17, 15) is 8.42 Å². The van der Waals surface area contributed by atoms with Crippen LogP contribution in [0.25, 0.3) is 0 Å². The highest BCUT2D eigenvalue weighted by Crippen LogP contribution is 2.29. The van der Waals surface area contributed by atoms with Gasteiger partial charge in [-0.05, 0) is 31.6 Å². The quantitative estimate of drug-likeness (QED) is 0.882. The molecule has 0 aliphatic carbocycles. The van der Waals surface area contributed by atoms with Crippen LogP contribution >= 0.6 is 0 Å². The molecule has 2 aliphatic heterocycles. The molecule has 1 aromatic rings. The predicted molar refractivity (Wildman–Crippen MR) is 80.9 cm³/mol. The van der Waals surface area contributed by atoms with Gasteiger partial charge in [-0.3, -0.25) is 0 Å².